The highest BCUT2D eigenvalue weighted by atomic mass is 19.1. The maximum absolute atomic E-state index is 13.4. The minimum atomic E-state index is -0.311. The van der Waals surface area contributed by atoms with Gasteiger partial charge in [-0.3, -0.25) is 0 Å². The molecule has 1 saturated carbocycles. The zero-order valence-corrected chi connectivity index (χ0v) is 10.9. The molecule has 1 aliphatic carbocycles. The lowest BCUT2D eigenvalue weighted by Gasteiger charge is -2.04. The van der Waals surface area contributed by atoms with Crippen LogP contribution in [0.2, 0.25) is 0 Å². The molecule has 3 rings (SSSR count). The zero-order valence-electron chi connectivity index (χ0n) is 10.9. The number of hydrogen-bond acceptors (Lipinski definition) is 3. The molecule has 0 unspecified atom stereocenters. The summed E-state index contributed by atoms with van der Waals surface area (Å²) in [4.78, 5) is 4.57. The highest BCUT2D eigenvalue weighted by molar-refractivity contribution is 5.71. The fourth-order valence-electron chi connectivity index (χ4n) is 2.72. The van der Waals surface area contributed by atoms with Crippen LogP contribution in [-0.4, -0.2) is 14.8 Å². The molecule has 0 aliphatic heterocycles. The average molecular weight is 260 g/mol. The molecule has 100 valence electrons. The van der Waals surface area contributed by atoms with Gasteiger partial charge in [-0.15, -0.1) is 0 Å². The van der Waals surface area contributed by atoms with Crippen molar-refractivity contribution in [3.05, 3.63) is 29.8 Å². The second-order valence-corrected chi connectivity index (χ2v) is 5.13. The van der Waals surface area contributed by atoms with Gasteiger partial charge in [0, 0.05) is 24.2 Å². The summed E-state index contributed by atoms with van der Waals surface area (Å²) in [6.07, 6.45) is 4.75. The molecule has 1 aromatic heterocycles. The third-order valence-electron chi connectivity index (χ3n) is 3.76. The van der Waals surface area contributed by atoms with Gasteiger partial charge < -0.3 is 5.73 Å². The van der Waals surface area contributed by atoms with Crippen LogP contribution >= 0.6 is 0 Å². The molecular formula is C14H17FN4. The van der Waals surface area contributed by atoms with Gasteiger partial charge in [0.15, 0.2) is 11.6 Å². The molecule has 1 aliphatic rings. The Hall–Kier alpha value is -1.91. The molecule has 0 saturated heterocycles. The average Bonchev–Trinajstić information content (AvgIpc) is 3.01. The first-order valence-corrected chi connectivity index (χ1v) is 6.61. The van der Waals surface area contributed by atoms with Crippen molar-refractivity contribution in [3.63, 3.8) is 0 Å². The van der Waals surface area contributed by atoms with Crippen LogP contribution in [-0.2, 0) is 7.05 Å². The van der Waals surface area contributed by atoms with E-state index < -0.39 is 0 Å². The number of nitrogens with two attached hydrogens (primary N) is 1. The van der Waals surface area contributed by atoms with E-state index in [4.69, 9.17) is 5.73 Å². The van der Waals surface area contributed by atoms with Crippen LogP contribution in [0.5, 0.6) is 0 Å². The first kappa shape index (κ1) is 12.1. The molecule has 0 atom stereocenters. The smallest absolute Gasteiger partial charge is 0.160 e. The molecule has 1 heterocycles. The Kier molecular flexibility index (Phi) is 2.97. The maximum atomic E-state index is 13.4. The van der Waals surface area contributed by atoms with Gasteiger partial charge in [0.1, 0.15) is 5.82 Å². The monoisotopic (exact) mass is 260 g/mol. The Bertz CT molecular complexity index is 599. The van der Waals surface area contributed by atoms with Crippen molar-refractivity contribution in [2.75, 3.05) is 5.73 Å². The molecule has 1 aromatic carbocycles. The van der Waals surface area contributed by atoms with Gasteiger partial charge >= 0.3 is 0 Å². The molecule has 5 heteroatoms. The van der Waals surface area contributed by atoms with E-state index in [-0.39, 0.29) is 5.82 Å². The van der Waals surface area contributed by atoms with Crippen LogP contribution in [0, 0.1) is 5.82 Å². The molecule has 0 bridgehead atoms. The molecule has 1 fully saturated rings. The molecule has 0 radical (unpaired) electrons. The van der Waals surface area contributed by atoms with Crippen LogP contribution < -0.4 is 5.73 Å². The van der Waals surface area contributed by atoms with Crippen LogP contribution in [0.4, 0.5) is 10.1 Å². The number of hydrogen-bond donors (Lipinski definition) is 1. The van der Waals surface area contributed by atoms with Crippen molar-refractivity contribution < 1.29 is 4.39 Å². The van der Waals surface area contributed by atoms with Crippen LogP contribution in [0.3, 0.4) is 0 Å². The van der Waals surface area contributed by atoms with Crippen molar-refractivity contribution in [1.29, 1.82) is 0 Å². The molecular weight excluding hydrogens is 243 g/mol. The Morgan fingerprint density at radius 1 is 1.32 bits per heavy atom. The summed E-state index contributed by atoms with van der Waals surface area (Å²) in [5.74, 6) is 1.63. The quantitative estimate of drug-likeness (QED) is 0.845. The molecule has 0 spiro atoms. The highest BCUT2D eigenvalue weighted by Crippen LogP contribution is 2.34. The summed E-state index contributed by atoms with van der Waals surface area (Å²) >= 11 is 0. The first-order valence-electron chi connectivity index (χ1n) is 6.61. The Balaban J connectivity index is 2.02. The number of nitrogens with zero attached hydrogens (tertiary/aromatic N) is 3. The zero-order chi connectivity index (χ0) is 13.4. The van der Waals surface area contributed by atoms with Crippen molar-refractivity contribution in [1.82, 2.24) is 14.8 Å². The van der Waals surface area contributed by atoms with Gasteiger partial charge in [-0.2, -0.15) is 5.10 Å². The number of anilines is 1. The Labute approximate surface area is 111 Å². The van der Waals surface area contributed by atoms with Crippen LogP contribution in [0.15, 0.2) is 18.2 Å². The van der Waals surface area contributed by atoms with E-state index in [1.54, 1.807) is 10.7 Å². The van der Waals surface area contributed by atoms with E-state index in [1.807, 2.05) is 7.05 Å². The molecule has 0 amide bonds. The summed E-state index contributed by atoms with van der Waals surface area (Å²) in [6.45, 7) is 0. The Morgan fingerprint density at radius 3 is 2.79 bits per heavy atom. The topological polar surface area (TPSA) is 56.7 Å². The van der Waals surface area contributed by atoms with E-state index >= 15 is 0 Å². The molecule has 2 aromatic rings. The molecule has 19 heavy (non-hydrogen) atoms. The number of nitrogen functional groups attached to an aromatic ring is 1. The van der Waals surface area contributed by atoms with Crippen LogP contribution in [0.1, 0.15) is 37.4 Å². The fourth-order valence-corrected chi connectivity index (χ4v) is 2.72. The SMILES string of the molecule is Cn1nc(C2CCCC2)nc1-c1cc(F)ccc1N. The highest BCUT2D eigenvalue weighted by Gasteiger charge is 2.23. The van der Waals surface area contributed by atoms with Gasteiger partial charge in [-0.1, -0.05) is 12.8 Å². The third-order valence-corrected chi connectivity index (χ3v) is 3.76. The minimum absolute atomic E-state index is 0.311. The normalized spacial score (nSPS) is 16.1. The van der Waals surface area contributed by atoms with E-state index in [2.05, 4.69) is 10.1 Å². The second kappa shape index (κ2) is 4.64. The minimum Gasteiger partial charge on any atom is -0.398 e. The number of rotatable bonds is 2. The maximum Gasteiger partial charge on any atom is 0.160 e. The van der Waals surface area contributed by atoms with Crippen molar-refractivity contribution in [3.8, 4) is 11.4 Å². The lowest BCUT2D eigenvalue weighted by molar-refractivity contribution is 0.628. The fraction of sp³-hybridized carbons (Fsp3) is 0.429. The van der Waals surface area contributed by atoms with Crippen molar-refractivity contribution in [2.45, 2.75) is 31.6 Å². The summed E-state index contributed by atoms with van der Waals surface area (Å²) in [7, 11) is 1.82. The second-order valence-electron chi connectivity index (χ2n) is 5.13. The van der Waals surface area contributed by atoms with Crippen molar-refractivity contribution >= 4 is 5.69 Å². The van der Waals surface area contributed by atoms with Gasteiger partial charge in [-0.05, 0) is 31.0 Å². The summed E-state index contributed by atoms with van der Waals surface area (Å²) in [5.41, 5.74) is 7.04. The van der Waals surface area contributed by atoms with E-state index in [0.717, 1.165) is 18.7 Å². The summed E-state index contributed by atoms with van der Waals surface area (Å²) in [5, 5.41) is 4.47. The molecule has 4 nitrogen and oxygen atoms in total. The van der Waals surface area contributed by atoms with Gasteiger partial charge in [0.2, 0.25) is 0 Å². The number of aryl methyl sites for hydroxylation is 1. The summed E-state index contributed by atoms with van der Waals surface area (Å²) < 4.78 is 15.1. The van der Waals surface area contributed by atoms with Gasteiger partial charge in [0.05, 0.1) is 0 Å². The van der Waals surface area contributed by atoms with Gasteiger partial charge in [0.25, 0.3) is 0 Å². The van der Waals surface area contributed by atoms with Crippen LogP contribution in [0.25, 0.3) is 11.4 Å². The number of aromatic nitrogens is 3. The first-order chi connectivity index (χ1) is 9.15. The number of benzene rings is 1. The van der Waals surface area contributed by atoms with E-state index in [1.165, 1.54) is 25.0 Å². The van der Waals surface area contributed by atoms with Gasteiger partial charge in [-0.25, -0.2) is 14.1 Å². The Morgan fingerprint density at radius 2 is 2.05 bits per heavy atom. The predicted octanol–water partition coefficient (Wildman–Crippen LogP) is 2.86. The predicted molar refractivity (Wildman–Crippen MR) is 72.0 cm³/mol. The summed E-state index contributed by atoms with van der Waals surface area (Å²) in [6, 6.07) is 4.33. The standard InChI is InChI=1S/C14H17FN4/c1-19-14(11-8-10(15)6-7-12(11)16)17-13(18-19)9-4-2-3-5-9/h6-9H,2-5,16H2,1H3. The lowest BCUT2D eigenvalue weighted by Crippen LogP contribution is -1.99. The molecule has 2 N–H and O–H groups in total. The lowest BCUT2D eigenvalue weighted by atomic mass is 10.1. The van der Waals surface area contributed by atoms with E-state index in [0.29, 0.717) is 23.0 Å². The largest absolute Gasteiger partial charge is 0.398 e. The van der Waals surface area contributed by atoms with E-state index in [9.17, 15) is 4.39 Å². The third kappa shape index (κ3) is 2.20. The number of halogens is 1. The van der Waals surface area contributed by atoms with Crippen molar-refractivity contribution in [2.24, 2.45) is 7.05 Å².